The van der Waals surface area contributed by atoms with Crippen LogP contribution in [0.2, 0.25) is 0 Å². The first-order valence-corrected chi connectivity index (χ1v) is 6.69. The van der Waals surface area contributed by atoms with Crippen LogP contribution in [0, 0.1) is 10.1 Å². The molecular formula is C17H12N2O3. The van der Waals surface area contributed by atoms with Crippen LogP contribution in [0.15, 0.2) is 60.8 Å². The molecule has 108 valence electrons. The molecule has 3 rings (SSSR count). The first-order chi connectivity index (χ1) is 10.7. The standard InChI is InChI=1S/C17H12N2O3/c20-17(14-6-2-4-8-16(14)19(21)22)10-9-12-11-18-15-7-3-1-5-13(12)15/h1-11,18H. The van der Waals surface area contributed by atoms with Gasteiger partial charge in [0.1, 0.15) is 0 Å². The van der Waals surface area contributed by atoms with Crippen LogP contribution in [-0.2, 0) is 0 Å². The van der Waals surface area contributed by atoms with E-state index in [-0.39, 0.29) is 11.3 Å². The van der Waals surface area contributed by atoms with Crippen molar-refractivity contribution in [1.82, 2.24) is 4.98 Å². The Morgan fingerprint density at radius 1 is 1.09 bits per heavy atom. The minimum absolute atomic E-state index is 0.0867. The lowest BCUT2D eigenvalue weighted by Gasteiger charge is -1.98. The fraction of sp³-hybridized carbons (Fsp3) is 0. The van der Waals surface area contributed by atoms with E-state index < -0.39 is 10.7 Å². The molecule has 0 radical (unpaired) electrons. The van der Waals surface area contributed by atoms with Crippen molar-refractivity contribution in [3.8, 4) is 0 Å². The molecule has 1 N–H and O–H groups in total. The van der Waals surface area contributed by atoms with Crippen LogP contribution >= 0.6 is 0 Å². The van der Waals surface area contributed by atoms with E-state index in [1.165, 1.54) is 24.3 Å². The highest BCUT2D eigenvalue weighted by Crippen LogP contribution is 2.21. The summed E-state index contributed by atoms with van der Waals surface area (Å²) in [5, 5.41) is 12.0. The Balaban J connectivity index is 1.93. The van der Waals surface area contributed by atoms with Crippen molar-refractivity contribution < 1.29 is 9.72 Å². The van der Waals surface area contributed by atoms with Gasteiger partial charge < -0.3 is 4.98 Å². The molecule has 1 heterocycles. The molecule has 0 saturated heterocycles. The summed E-state index contributed by atoms with van der Waals surface area (Å²) < 4.78 is 0. The molecule has 5 nitrogen and oxygen atoms in total. The van der Waals surface area contributed by atoms with Crippen molar-refractivity contribution in [3.05, 3.63) is 82.0 Å². The van der Waals surface area contributed by atoms with Crippen LogP contribution in [-0.4, -0.2) is 15.7 Å². The van der Waals surface area contributed by atoms with E-state index in [0.717, 1.165) is 16.5 Å². The first kappa shape index (κ1) is 13.8. The molecule has 0 amide bonds. The van der Waals surface area contributed by atoms with Crippen molar-refractivity contribution in [2.45, 2.75) is 0 Å². The number of hydrogen-bond acceptors (Lipinski definition) is 3. The van der Waals surface area contributed by atoms with Crippen LogP contribution in [0.3, 0.4) is 0 Å². The number of carbonyl (C=O) groups excluding carboxylic acids is 1. The monoisotopic (exact) mass is 292 g/mol. The number of benzene rings is 2. The van der Waals surface area contributed by atoms with Crippen LogP contribution < -0.4 is 0 Å². The number of aromatic nitrogens is 1. The van der Waals surface area contributed by atoms with Gasteiger partial charge in [0, 0.05) is 23.2 Å². The molecule has 0 atom stereocenters. The first-order valence-electron chi connectivity index (χ1n) is 6.69. The molecule has 2 aromatic carbocycles. The second-order valence-electron chi connectivity index (χ2n) is 4.76. The highest BCUT2D eigenvalue weighted by molar-refractivity contribution is 6.10. The number of hydrogen-bond donors (Lipinski definition) is 1. The number of nitro benzene ring substituents is 1. The van der Waals surface area contributed by atoms with Crippen LogP contribution in [0.4, 0.5) is 5.69 Å². The molecule has 0 bridgehead atoms. The van der Waals surface area contributed by atoms with Crippen molar-refractivity contribution in [3.63, 3.8) is 0 Å². The number of allylic oxidation sites excluding steroid dienone is 1. The molecular weight excluding hydrogens is 280 g/mol. The van der Waals surface area contributed by atoms with Crippen LogP contribution in [0.1, 0.15) is 15.9 Å². The third-order valence-corrected chi connectivity index (χ3v) is 3.40. The third-order valence-electron chi connectivity index (χ3n) is 3.40. The SMILES string of the molecule is O=C(C=Cc1c[nH]c2ccccc12)c1ccccc1[N+](=O)[O-]. The predicted octanol–water partition coefficient (Wildman–Crippen LogP) is 3.97. The van der Waals surface area contributed by atoms with Gasteiger partial charge in [-0.3, -0.25) is 14.9 Å². The highest BCUT2D eigenvalue weighted by atomic mass is 16.6. The lowest BCUT2D eigenvalue weighted by molar-refractivity contribution is -0.385. The number of fused-ring (bicyclic) bond motifs is 1. The van der Waals surface area contributed by atoms with Crippen molar-refractivity contribution in [2.24, 2.45) is 0 Å². The van der Waals surface area contributed by atoms with E-state index in [1.807, 2.05) is 24.3 Å². The Morgan fingerprint density at radius 3 is 2.64 bits per heavy atom. The van der Waals surface area contributed by atoms with Gasteiger partial charge in [0.15, 0.2) is 5.78 Å². The summed E-state index contributed by atoms with van der Waals surface area (Å²) in [4.78, 5) is 25.7. The Morgan fingerprint density at radius 2 is 1.82 bits per heavy atom. The summed E-state index contributed by atoms with van der Waals surface area (Å²) in [6, 6.07) is 13.7. The van der Waals surface area contributed by atoms with Gasteiger partial charge in [-0.05, 0) is 29.8 Å². The van der Waals surface area contributed by atoms with E-state index in [2.05, 4.69) is 4.98 Å². The lowest BCUT2D eigenvalue weighted by Crippen LogP contribution is -2.00. The molecule has 0 fully saturated rings. The normalized spacial score (nSPS) is 11.1. The number of nitrogens with one attached hydrogen (secondary N) is 1. The van der Waals surface area contributed by atoms with Gasteiger partial charge in [-0.15, -0.1) is 0 Å². The van der Waals surface area contributed by atoms with Gasteiger partial charge in [0.25, 0.3) is 5.69 Å². The van der Waals surface area contributed by atoms with Gasteiger partial charge >= 0.3 is 0 Å². The zero-order valence-corrected chi connectivity index (χ0v) is 11.5. The molecule has 3 aromatic rings. The Labute approximate surface area is 126 Å². The van der Waals surface area contributed by atoms with Gasteiger partial charge in [-0.1, -0.05) is 30.3 Å². The van der Waals surface area contributed by atoms with Crippen molar-refractivity contribution in [1.29, 1.82) is 0 Å². The minimum atomic E-state index is -0.549. The average molecular weight is 292 g/mol. The molecule has 0 aliphatic rings. The van der Waals surface area contributed by atoms with Crippen LogP contribution in [0.25, 0.3) is 17.0 Å². The maximum Gasteiger partial charge on any atom is 0.280 e. The number of nitro groups is 1. The number of aromatic amines is 1. The molecule has 22 heavy (non-hydrogen) atoms. The molecule has 1 aromatic heterocycles. The summed E-state index contributed by atoms with van der Waals surface area (Å²) in [7, 11) is 0. The Bertz CT molecular complexity index is 894. The molecule has 5 heteroatoms. The Kier molecular flexibility index (Phi) is 3.53. The van der Waals surface area contributed by atoms with Crippen molar-refractivity contribution >= 4 is 28.4 Å². The highest BCUT2D eigenvalue weighted by Gasteiger charge is 2.16. The van der Waals surface area contributed by atoms with Gasteiger partial charge in [0.05, 0.1) is 10.5 Å². The van der Waals surface area contributed by atoms with Gasteiger partial charge in [-0.25, -0.2) is 0 Å². The second kappa shape index (κ2) is 5.65. The number of nitrogens with zero attached hydrogens (tertiary/aromatic N) is 1. The fourth-order valence-corrected chi connectivity index (χ4v) is 2.33. The number of rotatable bonds is 4. The minimum Gasteiger partial charge on any atom is -0.361 e. The van der Waals surface area contributed by atoms with Crippen LogP contribution in [0.5, 0.6) is 0 Å². The summed E-state index contributed by atoms with van der Waals surface area (Å²) in [5.41, 5.74) is 1.74. The maximum atomic E-state index is 12.2. The van der Waals surface area contributed by atoms with E-state index >= 15 is 0 Å². The lowest BCUT2D eigenvalue weighted by atomic mass is 10.1. The molecule has 0 aliphatic heterocycles. The molecule has 0 aliphatic carbocycles. The number of ketones is 1. The molecule has 0 saturated carbocycles. The maximum absolute atomic E-state index is 12.2. The second-order valence-corrected chi connectivity index (χ2v) is 4.76. The quantitative estimate of drug-likeness (QED) is 0.342. The van der Waals surface area contributed by atoms with Gasteiger partial charge in [0.2, 0.25) is 0 Å². The molecule has 0 spiro atoms. The predicted molar refractivity (Wildman–Crippen MR) is 84.8 cm³/mol. The van der Waals surface area contributed by atoms with E-state index in [4.69, 9.17) is 0 Å². The van der Waals surface area contributed by atoms with Crippen molar-refractivity contribution in [2.75, 3.05) is 0 Å². The number of H-pyrrole nitrogens is 1. The summed E-state index contributed by atoms with van der Waals surface area (Å²) in [5.74, 6) is -0.391. The largest absolute Gasteiger partial charge is 0.361 e. The summed E-state index contributed by atoms with van der Waals surface area (Å²) in [6.45, 7) is 0. The van der Waals surface area contributed by atoms with E-state index in [1.54, 1.807) is 18.3 Å². The fourth-order valence-electron chi connectivity index (χ4n) is 2.33. The topological polar surface area (TPSA) is 76.0 Å². The third kappa shape index (κ3) is 2.52. The van der Waals surface area contributed by atoms with E-state index in [9.17, 15) is 14.9 Å². The average Bonchev–Trinajstić information content (AvgIpc) is 2.96. The molecule has 0 unspecified atom stereocenters. The zero-order valence-electron chi connectivity index (χ0n) is 11.5. The summed E-state index contributed by atoms with van der Waals surface area (Å²) >= 11 is 0. The van der Waals surface area contributed by atoms with Gasteiger partial charge in [-0.2, -0.15) is 0 Å². The van der Waals surface area contributed by atoms with E-state index in [0.29, 0.717) is 0 Å². The number of carbonyl (C=O) groups is 1. The zero-order chi connectivity index (χ0) is 15.5. The summed E-state index contributed by atoms with van der Waals surface area (Å²) in [6.07, 6.45) is 4.82. The Hall–Kier alpha value is -3.21. The smallest absolute Gasteiger partial charge is 0.280 e. The number of para-hydroxylation sites is 2.